The summed E-state index contributed by atoms with van der Waals surface area (Å²) in [5.41, 5.74) is 1.15. The van der Waals surface area contributed by atoms with Crippen molar-refractivity contribution in [3.8, 4) is 0 Å². The van der Waals surface area contributed by atoms with Gasteiger partial charge in [0.2, 0.25) is 0 Å². The fourth-order valence-electron chi connectivity index (χ4n) is 5.94. The molecule has 0 aromatic carbocycles. The zero-order valence-corrected chi connectivity index (χ0v) is 13.3. The molecule has 1 atom stereocenters. The van der Waals surface area contributed by atoms with Crippen molar-refractivity contribution in [2.75, 3.05) is 6.54 Å². The van der Waals surface area contributed by atoms with E-state index in [0.717, 1.165) is 48.2 Å². The molecule has 1 aromatic rings. The Morgan fingerprint density at radius 2 is 1.86 bits per heavy atom. The predicted molar refractivity (Wildman–Crippen MR) is 82.7 cm³/mol. The van der Waals surface area contributed by atoms with Crippen molar-refractivity contribution < 1.29 is 0 Å². The summed E-state index contributed by atoms with van der Waals surface area (Å²) in [4.78, 5) is 0. The van der Waals surface area contributed by atoms with Gasteiger partial charge in [-0.1, -0.05) is 12.1 Å². The molecule has 1 unspecified atom stereocenters. The quantitative estimate of drug-likeness (QED) is 0.905. The van der Waals surface area contributed by atoms with Gasteiger partial charge in [-0.25, -0.2) is 0 Å². The van der Waals surface area contributed by atoms with Gasteiger partial charge in [0.1, 0.15) is 0 Å². The molecule has 116 valence electrons. The Kier molecular flexibility index (Phi) is 3.52. The first-order valence-electron chi connectivity index (χ1n) is 8.81. The Balaban J connectivity index is 1.53. The second-order valence-corrected chi connectivity index (χ2v) is 7.76. The number of likely N-dealkylation sites (N-methyl/N-ethyl adjacent to an activating group) is 1. The lowest BCUT2D eigenvalue weighted by Crippen LogP contribution is -2.53. The zero-order valence-electron chi connectivity index (χ0n) is 13.3. The predicted octanol–water partition coefficient (Wildman–Crippen LogP) is 2.41. The number of hydrogen-bond acceptors (Lipinski definition) is 3. The van der Waals surface area contributed by atoms with Crippen LogP contribution in [0.4, 0.5) is 0 Å². The van der Waals surface area contributed by atoms with Crippen LogP contribution in [0.3, 0.4) is 0 Å². The van der Waals surface area contributed by atoms with Crippen LogP contribution >= 0.6 is 0 Å². The van der Waals surface area contributed by atoms with E-state index in [-0.39, 0.29) is 0 Å². The third kappa shape index (κ3) is 2.52. The Bertz CT molecular complexity index is 467. The molecule has 4 heteroatoms. The number of aryl methyl sites for hydroxylation is 1. The molecule has 4 bridgehead atoms. The van der Waals surface area contributed by atoms with Crippen LogP contribution in [0.1, 0.15) is 44.7 Å². The normalized spacial score (nSPS) is 38.9. The molecule has 21 heavy (non-hydrogen) atoms. The van der Waals surface area contributed by atoms with E-state index in [2.05, 4.69) is 28.7 Å². The van der Waals surface area contributed by atoms with Crippen molar-refractivity contribution in [1.29, 1.82) is 0 Å². The van der Waals surface area contributed by atoms with Crippen molar-refractivity contribution in [2.24, 2.45) is 36.6 Å². The number of nitrogens with zero attached hydrogens (tertiary/aromatic N) is 3. The number of aromatic nitrogens is 3. The van der Waals surface area contributed by atoms with E-state index in [1.54, 1.807) is 0 Å². The highest BCUT2D eigenvalue weighted by atomic mass is 15.4. The van der Waals surface area contributed by atoms with Crippen molar-refractivity contribution in [3.05, 3.63) is 11.9 Å². The van der Waals surface area contributed by atoms with Gasteiger partial charge in [0.05, 0.1) is 5.69 Å². The Morgan fingerprint density at radius 1 is 1.19 bits per heavy atom. The molecule has 1 aromatic heterocycles. The summed E-state index contributed by atoms with van der Waals surface area (Å²) in [5, 5.41) is 12.2. The minimum absolute atomic E-state index is 0.599. The minimum Gasteiger partial charge on any atom is -0.314 e. The summed E-state index contributed by atoms with van der Waals surface area (Å²) in [6.07, 6.45) is 10.7. The molecule has 0 amide bonds. The monoisotopic (exact) mass is 288 g/mol. The summed E-state index contributed by atoms with van der Waals surface area (Å²) >= 11 is 0. The lowest BCUT2D eigenvalue weighted by atomic mass is 9.50. The van der Waals surface area contributed by atoms with Crippen LogP contribution in [-0.4, -0.2) is 27.6 Å². The van der Waals surface area contributed by atoms with Gasteiger partial charge >= 0.3 is 0 Å². The largest absolute Gasteiger partial charge is 0.314 e. The van der Waals surface area contributed by atoms with Crippen molar-refractivity contribution in [2.45, 2.75) is 51.5 Å². The second-order valence-electron chi connectivity index (χ2n) is 7.76. The van der Waals surface area contributed by atoms with E-state index in [9.17, 15) is 0 Å². The topological polar surface area (TPSA) is 42.7 Å². The SMILES string of the molecule is CCNC(Cc1cn(C)nn1)C1C2CC3CC(C2)CC1C3. The molecule has 0 saturated heterocycles. The van der Waals surface area contributed by atoms with Crippen LogP contribution in [0, 0.1) is 29.6 Å². The van der Waals surface area contributed by atoms with Gasteiger partial charge < -0.3 is 5.32 Å². The first-order valence-corrected chi connectivity index (χ1v) is 8.81. The third-order valence-electron chi connectivity index (χ3n) is 6.31. The number of hydrogen-bond donors (Lipinski definition) is 1. The van der Waals surface area contributed by atoms with Gasteiger partial charge in [0, 0.05) is 25.7 Å². The minimum atomic E-state index is 0.599. The van der Waals surface area contributed by atoms with Crippen LogP contribution in [-0.2, 0) is 13.5 Å². The van der Waals surface area contributed by atoms with Crippen molar-refractivity contribution in [1.82, 2.24) is 20.3 Å². The summed E-state index contributed by atoms with van der Waals surface area (Å²) in [6.45, 7) is 3.30. The zero-order chi connectivity index (χ0) is 14.4. The average molecular weight is 288 g/mol. The molecule has 0 radical (unpaired) electrons. The first-order chi connectivity index (χ1) is 10.2. The molecule has 4 fully saturated rings. The Morgan fingerprint density at radius 3 is 2.38 bits per heavy atom. The molecule has 4 nitrogen and oxygen atoms in total. The standard InChI is InChI=1S/C17H28N4/c1-3-18-16(9-15-10-21(2)20-19-15)17-13-5-11-4-12(7-13)8-14(17)6-11/h10-14,16-18H,3-9H2,1-2H3. The molecule has 4 aliphatic rings. The average Bonchev–Trinajstić information content (AvgIpc) is 2.83. The molecule has 5 rings (SSSR count). The molecule has 0 spiro atoms. The molecular formula is C17H28N4. The van der Waals surface area contributed by atoms with E-state index in [0.29, 0.717) is 6.04 Å². The lowest BCUT2D eigenvalue weighted by Gasteiger charge is -2.56. The summed E-state index contributed by atoms with van der Waals surface area (Å²) in [5.74, 6) is 4.94. The lowest BCUT2D eigenvalue weighted by molar-refractivity contribution is -0.0516. The van der Waals surface area contributed by atoms with E-state index in [4.69, 9.17) is 0 Å². The Hall–Kier alpha value is -0.900. The second kappa shape index (κ2) is 5.38. The maximum Gasteiger partial charge on any atom is 0.0842 e. The van der Waals surface area contributed by atoms with E-state index in [1.807, 2.05) is 11.7 Å². The smallest absolute Gasteiger partial charge is 0.0842 e. The maximum atomic E-state index is 4.32. The van der Waals surface area contributed by atoms with Crippen LogP contribution in [0.5, 0.6) is 0 Å². The van der Waals surface area contributed by atoms with Gasteiger partial charge in [-0.2, -0.15) is 0 Å². The molecule has 1 N–H and O–H groups in total. The third-order valence-corrected chi connectivity index (χ3v) is 6.31. The van der Waals surface area contributed by atoms with E-state index in [1.165, 1.54) is 32.1 Å². The van der Waals surface area contributed by atoms with Crippen LogP contribution in [0.2, 0.25) is 0 Å². The van der Waals surface area contributed by atoms with E-state index < -0.39 is 0 Å². The van der Waals surface area contributed by atoms with Crippen molar-refractivity contribution >= 4 is 0 Å². The number of nitrogens with one attached hydrogen (secondary N) is 1. The highest BCUT2D eigenvalue weighted by Crippen LogP contribution is 2.57. The maximum absolute atomic E-state index is 4.32. The van der Waals surface area contributed by atoms with E-state index >= 15 is 0 Å². The van der Waals surface area contributed by atoms with Gasteiger partial charge in [-0.15, -0.1) is 5.10 Å². The molecular weight excluding hydrogens is 260 g/mol. The highest BCUT2D eigenvalue weighted by molar-refractivity contribution is 5.05. The van der Waals surface area contributed by atoms with Gasteiger partial charge in [0.15, 0.2) is 0 Å². The summed E-state index contributed by atoms with van der Waals surface area (Å²) in [6, 6.07) is 0.599. The summed E-state index contributed by atoms with van der Waals surface area (Å²) < 4.78 is 1.83. The van der Waals surface area contributed by atoms with Gasteiger partial charge in [-0.05, 0) is 68.2 Å². The fraction of sp³-hybridized carbons (Fsp3) is 0.882. The number of rotatable bonds is 5. The first kappa shape index (κ1) is 13.7. The summed E-state index contributed by atoms with van der Waals surface area (Å²) in [7, 11) is 1.96. The molecule has 4 saturated carbocycles. The Labute approximate surface area is 127 Å². The van der Waals surface area contributed by atoms with Gasteiger partial charge in [-0.3, -0.25) is 4.68 Å². The van der Waals surface area contributed by atoms with Gasteiger partial charge in [0.25, 0.3) is 0 Å². The van der Waals surface area contributed by atoms with Crippen molar-refractivity contribution in [3.63, 3.8) is 0 Å². The molecule has 4 aliphatic carbocycles. The van der Waals surface area contributed by atoms with Crippen LogP contribution < -0.4 is 5.32 Å². The fourth-order valence-corrected chi connectivity index (χ4v) is 5.94. The van der Waals surface area contributed by atoms with Crippen LogP contribution in [0.15, 0.2) is 6.20 Å². The van der Waals surface area contributed by atoms with Crippen LogP contribution in [0.25, 0.3) is 0 Å². The molecule has 0 aliphatic heterocycles. The molecule has 1 heterocycles. The highest BCUT2D eigenvalue weighted by Gasteiger charge is 2.50.